The van der Waals surface area contributed by atoms with Crippen LogP contribution in [-0.2, 0) is 4.74 Å². The Hall–Kier alpha value is -1.89. The van der Waals surface area contributed by atoms with Gasteiger partial charge in [-0.05, 0) is 31.0 Å². The van der Waals surface area contributed by atoms with Crippen molar-refractivity contribution in [1.82, 2.24) is 15.2 Å². The van der Waals surface area contributed by atoms with Crippen LogP contribution in [-0.4, -0.2) is 65.9 Å². The van der Waals surface area contributed by atoms with Crippen LogP contribution in [0.3, 0.4) is 0 Å². The van der Waals surface area contributed by atoms with E-state index >= 15 is 0 Å². The summed E-state index contributed by atoms with van der Waals surface area (Å²) in [5, 5.41) is 13.9. The first kappa shape index (κ1) is 16.6. The Morgan fingerprint density at radius 2 is 2.12 bits per heavy atom. The van der Waals surface area contributed by atoms with E-state index in [0.29, 0.717) is 11.6 Å². The molecule has 2 fully saturated rings. The minimum Gasteiger partial charge on any atom is -0.396 e. The van der Waals surface area contributed by atoms with Crippen molar-refractivity contribution in [1.29, 1.82) is 0 Å². The molecule has 2 saturated heterocycles. The molecule has 3 heterocycles. The Balaban J connectivity index is 1.47. The van der Waals surface area contributed by atoms with Crippen LogP contribution < -0.4 is 5.32 Å². The molecule has 0 unspecified atom stereocenters. The van der Waals surface area contributed by atoms with Crippen molar-refractivity contribution < 1.29 is 14.6 Å². The number of fused-ring (bicyclic) bond motifs is 1. The fraction of sp³-hybridized carbons (Fsp3) is 0.526. The highest BCUT2D eigenvalue weighted by atomic mass is 16.5. The number of aliphatic hydroxyl groups is 1. The topological polar surface area (TPSA) is 77.6 Å². The van der Waals surface area contributed by atoms with Crippen molar-refractivity contribution in [3.63, 3.8) is 0 Å². The molecule has 0 spiro atoms. The zero-order chi connectivity index (χ0) is 17.2. The van der Waals surface area contributed by atoms with Crippen molar-refractivity contribution in [2.75, 3.05) is 32.9 Å². The molecular weight excluding hydrogens is 318 g/mol. The number of carbonyl (C=O) groups excluding carboxylic acids is 1. The van der Waals surface area contributed by atoms with Crippen molar-refractivity contribution in [3.05, 3.63) is 36.0 Å². The van der Waals surface area contributed by atoms with E-state index in [0.717, 1.165) is 50.0 Å². The van der Waals surface area contributed by atoms with Gasteiger partial charge in [0.25, 0.3) is 5.91 Å². The summed E-state index contributed by atoms with van der Waals surface area (Å²) in [6.45, 7) is 3.33. The number of H-pyrrole nitrogens is 1. The normalized spacial score (nSPS) is 25.5. The van der Waals surface area contributed by atoms with Gasteiger partial charge in [0.2, 0.25) is 0 Å². The number of likely N-dealkylation sites (tertiary alicyclic amines) is 1. The number of benzene rings is 1. The largest absolute Gasteiger partial charge is 0.396 e. The summed E-state index contributed by atoms with van der Waals surface area (Å²) in [5.74, 6) is 0.0136. The van der Waals surface area contributed by atoms with Crippen LogP contribution >= 0.6 is 0 Å². The molecule has 1 amide bonds. The van der Waals surface area contributed by atoms with Gasteiger partial charge in [-0.3, -0.25) is 9.69 Å². The molecule has 2 aliphatic heterocycles. The number of ether oxygens (including phenoxy) is 1. The molecule has 2 aliphatic rings. The fourth-order valence-corrected chi connectivity index (χ4v) is 4.13. The molecule has 4 rings (SSSR count). The summed E-state index contributed by atoms with van der Waals surface area (Å²) in [7, 11) is 0. The monoisotopic (exact) mass is 343 g/mol. The van der Waals surface area contributed by atoms with Gasteiger partial charge < -0.3 is 20.1 Å². The van der Waals surface area contributed by atoms with Crippen LogP contribution in [0.2, 0.25) is 0 Å². The average molecular weight is 343 g/mol. The number of hydrogen-bond acceptors (Lipinski definition) is 4. The van der Waals surface area contributed by atoms with Crippen molar-refractivity contribution in [3.8, 4) is 0 Å². The summed E-state index contributed by atoms with van der Waals surface area (Å²) >= 11 is 0. The van der Waals surface area contributed by atoms with Gasteiger partial charge >= 0.3 is 0 Å². The molecule has 1 aromatic heterocycles. The predicted molar refractivity (Wildman–Crippen MR) is 95.5 cm³/mol. The number of aromatic nitrogens is 1. The second-order valence-corrected chi connectivity index (χ2v) is 7.06. The Morgan fingerprint density at radius 3 is 2.92 bits per heavy atom. The highest BCUT2D eigenvalue weighted by molar-refractivity contribution is 6.06. The van der Waals surface area contributed by atoms with Crippen molar-refractivity contribution in [2.45, 2.75) is 24.9 Å². The van der Waals surface area contributed by atoms with Crippen LogP contribution in [0.1, 0.15) is 23.2 Å². The van der Waals surface area contributed by atoms with E-state index in [1.165, 1.54) is 0 Å². The average Bonchev–Trinajstić information content (AvgIpc) is 3.28. The number of nitrogens with one attached hydrogen (secondary N) is 2. The smallest absolute Gasteiger partial charge is 0.252 e. The van der Waals surface area contributed by atoms with Gasteiger partial charge in [0.15, 0.2) is 0 Å². The van der Waals surface area contributed by atoms with Gasteiger partial charge in [-0.2, -0.15) is 0 Å². The van der Waals surface area contributed by atoms with Gasteiger partial charge in [0.05, 0.1) is 0 Å². The molecule has 1 aromatic carbocycles. The first-order chi connectivity index (χ1) is 12.3. The fourth-order valence-electron chi connectivity index (χ4n) is 4.13. The molecule has 0 aliphatic carbocycles. The Bertz CT molecular complexity index is 738. The third-order valence-corrected chi connectivity index (χ3v) is 5.57. The van der Waals surface area contributed by atoms with E-state index in [9.17, 15) is 9.90 Å². The molecule has 6 heteroatoms. The zero-order valence-electron chi connectivity index (χ0n) is 14.3. The first-order valence-corrected chi connectivity index (χ1v) is 9.06. The van der Waals surface area contributed by atoms with E-state index in [1.807, 2.05) is 30.5 Å². The number of nitrogens with zero attached hydrogens (tertiary/aromatic N) is 1. The lowest BCUT2D eigenvalue weighted by atomic mass is 10.0. The summed E-state index contributed by atoms with van der Waals surface area (Å²) in [6, 6.07) is 8.11. The quantitative estimate of drug-likeness (QED) is 0.784. The molecule has 0 radical (unpaired) electrons. The molecule has 134 valence electrons. The van der Waals surface area contributed by atoms with Gasteiger partial charge in [-0.15, -0.1) is 0 Å². The third-order valence-electron chi connectivity index (χ3n) is 5.57. The second-order valence-electron chi connectivity index (χ2n) is 7.06. The summed E-state index contributed by atoms with van der Waals surface area (Å²) in [5.41, 5.74) is 1.64. The highest BCUT2D eigenvalue weighted by Crippen LogP contribution is 2.25. The lowest BCUT2D eigenvalue weighted by Gasteiger charge is -2.31. The summed E-state index contributed by atoms with van der Waals surface area (Å²) in [4.78, 5) is 18.4. The van der Waals surface area contributed by atoms with Crippen LogP contribution in [0, 0.1) is 5.92 Å². The minimum absolute atomic E-state index is 0.0189. The number of aliphatic hydroxyl groups excluding tert-OH is 1. The predicted octanol–water partition coefficient (Wildman–Crippen LogP) is 1.37. The van der Waals surface area contributed by atoms with E-state index in [4.69, 9.17) is 4.74 Å². The Morgan fingerprint density at radius 1 is 1.28 bits per heavy atom. The number of hydrogen-bond donors (Lipinski definition) is 3. The van der Waals surface area contributed by atoms with Crippen LogP contribution in [0.5, 0.6) is 0 Å². The van der Waals surface area contributed by atoms with Gasteiger partial charge in [-0.25, -0.2) is 0 Å². The molecule has 25 heavy (non-hydrogen) atoms. The van der Waals surface area contributed by atoms with E-state index < -0.39 is 0 Å². The maximum atomic E-state index is 12.8. The lowest BCUT2D eigenvalue weighted by Crippen LogP contribution is -2.43. The number of aromatic amines is 1. The minimum atomic E-state index is -0.0672. The number of amides is 1. The number of rotatable bonds is 4. The van der Waals surface area contributed by atoms with E-state index in [1.54, 1.807) is 0 Å². The van der Waals surface area contributed by atoms with Gasteiger partial charge in [0, 0.05) is 73.6 Å². The third kappa shape index (κ3) is 3.29. The molecule has 3 N–H and O–H groups in total. The molecule has 0 saturated carbocycles. The molecule has 2 aromatic rings. The lowest BCUT2D eigenvalue weighted by molar-refractivity contribution is 0.0399. The maximum Gasteiger partial charge on any atom is 0.252 e. The molecule has 2 atom stereocenters. The van der Waals surface area contributed by atoms with E-state index in [2.05, 4.69) is 15.2 Å². The molecule has 6 nitrogen and oxygen atoms in total. The molecule has 0 bridgehead atoms. The van der Waals surface area contributed by atoms with Crippen LogP contribution in [0.25, 0.3) is 10.9 Å². The van der Waals surface area contributed by atoms with Crippen molar-refractivity contribution >= 4 is 16.8 Å². The highest BCUT2D eigenvalue weighted by Gasteiger charge is 2.37. The maximum absolute atomic E-state index is 12.8. The summed E-state index contributed by atoms with van der Waals surface area (Å²) < 4.78 is 5.45. The van der Waals surface area contributed by atoms with Crippen LogP contribution in [0.15, 0.2) is 30.5 Å². The second kappa shape index (κ2) is 7.15. The zero-order valence-corrected chi connectivity index (χ0v) is 14.3. The van der Waals surface area contributed by atoms with Gasteiger partial charge in [-0.1, -0.05) is 6.07 Å². The van der Waals surface area contributed by atoms with Crippen molar-refractivity contribution in [2.24, 2.45) is 5.92 Å². The molecular formula is C19H25N3O3. The van der Waals surface area contributed by atoms with Crippen LogP contribution in [0.4, 0.5) is 0 Å². The summed E-state index contributed by atoms with van der Waals surface area (Å²) in [6.07, 6.45) is 3.91. The SMILES string of the molecule is O=C(N[C@@H]1CN(C2CCOCC2)C[C@H]1CO)c1cccc2[nH]ccc12. The first-order valence-electron chi connectivity index (χ1n) is 9.06. The van der Waals surface area contributed by atoms with E-state index in [-0.39, 0.29) is 24.5 Å². The van der Waals surface area contributed by atoms with Gasteiger partial charge in [0.1, 0.15) is 0 Å². The number of carbonyl (C=O) groups is 1. The Labute approximate surface area is 147 Å². The standard InChI is InChI=1S/C19H25N3O3/c23-12-13-10-22(14-5-8-25-9-6-14)11-18(13)21-19(24)16-2-1-3-17-15(16)4-7-20-17/h1-4,7,13-14,18,20,23H,5-6,8-12H2,(H,21,24)/t13-,18+/m0/s1. The Kier molecular flexibility index (Phi) is 4.74.